The van der Waals surface area contributed by atoms with Gasteiger partial charge in [-0.15, -0.1) is 0 Å². The molecule has 5 heteroatoms. The summed E-state index contributed by atoms with van der Waals surface area (Å²) in [5.41, 5.74) is 2.65. The second-order valence-electron chi connectivity index (χ2n) is 4.42. The van der Waals surface area contributed by atoms with Crippen LogP contribution in [0.5, 0.6) is 0 Å². The van der Waals surface area contributed by atoms with E-state index >= 15 is 0 Å². The molecule has 0 saturated heterocycles. The molecule has 0 aromatic heterocycles. The largest absolute Gasteiger partial charge is 0.416 e. The van der Waals surface area contributed by atoms with Gasteiger partial charge in [-0.2, -0.15) is 13.2 Å². The maximum absolute atomic E-state index is 12.5. The van der Waals surface area contributed by atoms with Crippen LogP contribution in [0.1, 0.15) is 25.0 Å². The minimum absolute atomic E-state index is 0.0292. The van der Waals surface area contributed by atoms with Crippen molar-refractivity contribution in [2.45, 2.75) is 32.5 Å². The van der Waals surface area contributed by atoms with E-state index in [1.807, 2.05) is 13.8 Å². The molecule has 1 rings (SSSR count). The van der Waals surface area contributed by atoms with E-state index in [4.69, 9.17) is 5.84 Å². The first-order chi connectivity index (χ1) is 7.84. The van der Waals surface area contributed by atoms with E-state index < -0.39 is 11.7 Å². The molecule has 1 aromatic rings. The predicted octanol–water partition coefficient (Wildman–Crippen LogP) is 2.74. The molecule has 0 aliphatic heterocycles. The Hall–Kier alpha value is -1.07. The summed E-state index contributed by atoms with van der Waals surface area (Å²) in [7, 11) is 0. The van der Waals surface area contributed by atoms with Crippen molar-refractivity contribution in [1.82, 2.24) is 5.43 Å². The molecule has 96 valence electrons. The number of rotatable bonds is 4. The van der Waals surface area contributed by atoms with Gasteiger partial charge < -0.3 is 0 Å². The molecule has 1 aromatic carbocycles. The fourth-order valence-electron chi connectivity index (χ4n) is 1.62. The highest BCUT2D eigenvalue weighted by atomic mass is 19.4. The lowest BCUT2D eigenvalue weighted by atomic mass is 9.96. The highest BCUT2D eigenvalue weighted by molar-refractivity contribution is 5.26. The number of alkyl halides is 3. The lowest BCUT2D eigenvalue weighted by molar-refractivity contribution is -0.137. The van der Waals surface area contributed by atoms with E-state index in [2.05, 4.69) is 5.43 Å². The van der Waals surface area contributed by atoms with E-state index in [0.717, 1.165) is 6.07 Å². The first kappa shape index (κ1) is 14.0. The van der Waals surface area contributed by atoms with Crippen LogP contribution < -0.4 is 11.3 Å². The normalized spacial score (nSPS) is 14.1. The summed E-state index contributed by atoms with van der Waals surface area (Å²) in [6.07, 6.45) is -3.81. The molecular weight excluding hydrogens is 229 g/mol. The second-order valence-corrected chi connectivity index (χ2v) is 4.42. The molecule has 0 radical (unpaired) electrons. The van der Waals surface area contributed by atoms with Gasteiger partial charge in [0, 0.05) is 6.04 Å². The van der Waals surface area contributed by atoms with E-state index in [0.29, 0.717) is 12.0 Å². The van der Waals surface area contributed by atoms with Crippen molar-refractivity contribution in [3.05, 3.63) is 35.4 Å². The fraction of sp³-hybridized carbons (Fsp3) is 0.500. The van der Waals surface area contributed by atoms with E-state index in [9.17, 15) is 13.2 Å². The van der Waals surface area contributed by atoms with Crippen molar-refractivity contribution < 1.29 is 13.2 Å². The summed E-state index contributed by atoms with van der Waals surface area (Å²) in [6.45, 7) is 3.94. The summed E-state index contributed by atoms with van der Waals surface area (Å²) < 4.78 is 37.5. The molecule has 1 unspecified atom stereocenters. The number of hydrogen-bond acceptors (Lipinski definition) is 2. The van der Waals surface area contributed by atoms with Crippen LogP contribution in [0.2, 0.25) is 0 Å². The van der Waals surface area contributed by atoms with Crippen molar-refractivity contribution in [3.8, 4) is 0 Å². The van der Waals surface area contributed by atoms with Gasteiger partial charge in [0.25, 0.3) is 0 Å². The predicted molar refractivity (Wildman–Crippen MR) is 61.1 cm³/mol. The number of benzene rings is 1. The van der Waals surface area contributed by atoms with Crippen LogP contribution in [0.25, 0.3) is 0 Å². The van der Waals surface area contributed by atoms with E-state index in [1.165, 1.54) is 12.1 Å². The molecule has 0 heterocycles. The topological polar surface area (TPSA) is 38.0 Å². The highest BCUT2D eigenvalue weighted by Gasteiger charge is 2.30. The Balaban J connectivity index is 2.85. The van der Waals surface area contributed by atoms with Crippen LogP contribution in [0.4, 0.5) is 13.2 Å². The average molecular weight is 246 g/mol. The lowest BCUT2D eigenvalue weighted by Gasteiger charge is -2.20. The second kappa shape index (κ2) is 5.51. The fourth-order valence-corrected chi connectivity index (χ4v) is 1.62. The average Bonchev–Trinajstić information content (AvgIpc) is 2.24. The summed E-state index contributed by atoms with van der Waals surface area (Å²) in [5.74, 6) is 5.63. The Kier molecular flexibility index (Phi) is 4.54. The third kappa shape index (κ3) is 4.02. The Morgan fingerprint density at radius 3 is 2.41 bits per heavy atom. The molecule has 0 fully saturated rings. The van der Waals surface area contributed by atoms with E-state index in [-0.39, 0.29) is 12.0 Å². The van der Waals surface area contributed by atoms with Crippen molar-refractivity contribution in [2.75, 3.05) is 0 Å². The minimum Gasteiger partial charge on any atom is -0.271 e. The van der Waals surface area contributed by atoms with Gasteiger partial charge in [0.1, 0.15) is 0 Å². The van der Waals surface area contributed by atoms with Crippen LogP contribution in [0.15, 0.2) is 24.3 Å². The summed E-state index contributed by atoms with van der Waals surface area (Å²) in [4.78, 5) is 0. The van der Waals surface area contributed by atoms with Gasteiger partial charge in [0.05, 0.1) is 5.56 Å². The first-order valence-electron chi connectivity index (χ1n) is 5.47. The zero-order valence-corrected chi connectivity index (χ0v) is 9.88. The number of hydrogen-bond donors (Lipinski definition) is 2. The molecule has 0 amide bonds. The molecular formula is C12H17F3N2. The molecule has 0 saturated carbocycles. The summed E-state index contributed by atoms with van der Waals surface area (Å²) in [5, 5.41) is 0. The maximum atomic E-state index is 12.5. The number of halogens is 3. The highest BCUT2D eigenvalue weighted by Crippen LogP contribution is 2.29. The number of hydrazine groups is 1. The molecule has 0 bridgehead atoms. The lowest BCUT2D eigenvalue weighted by Crippen LogP contribution is -2.40. The summed E-state index contributed by atoms with van der Waals surface area (Å²) in [6, 6.07) is 5.32. The number of nitrogens with two attached hydrogens (primary N) is 1. The quantitative estimate of drug-likeness (QED) is 0.633. The molecule has 0 spiro atoms. The molecule has 3 N–H and O–H groups in total. The first-order valence-corrected chi connectivity index (χ1v) is 5.47. The Morgan fingerprint density at radius 1 is 1.29 bits per heavy atom. The minimum atomic E-state index is -4.29. The zero-order valence-electron chi connectivity index (χ0n) is 9.88. The molecule has 2 nitrogen and oxygen atoms in total. The van der Waals surface area contributed by atoms with Crippen LogP contribution in [-0.4, -0.2) is 6.04 Å². The molecule has 17 heavy (non-hydrogen) atoms. The van der Waals surface area contributed by atoms with Crippen LogP contribution in [0.3, 0.4) is 0 Å². The van der Waals surface area contributed by atoms with Crippen molar-refractivity contribution >= 4 is 0 Å². The van der Waals surface area contributed by atoms with Crippen molar-refractivity contribution in [3.63, 3.8) is 0 Å². The van der Waals surface area contributed by atoms with E-state index in [1.54, 1.807) is 6.07 Å². The van der Waals surface area contributed by atoms with Gasteiger partial charge in [0.2, 0.25) is 0 Å². The van der Waals surface area contributed by atoms with Crippen molar-refractivity contribution in [2.24, 2.45) is 11.8 Å². The molecule has 0 aliphatic carbocycles. The maximum Gasteiger partial charge on any atom is 0.416 e. The number of nitrogens with one attached hydrogen (secondary N) is 1. The Labute approximate surface area is 99.0 Å². The standard InChI is InChI=1S/C12H17F3N2/c1-8(2)11(17-16)7-9-4-3-5-10(6-9)12(13,14)15/h3-6,8,11,17H,7,16H2,1-2H3. The van der Waals surface area contributed by atoms with Gasteiger partial charge in [0.15, 0.2) is 0 Å². The van der Waals surface area contributed by atoms with Gasteiger partial charge in [-0.3, -0.25) is 11.3 Å². The SMILES string of the molecule is CC(C)C(Cc1cccc(C(F)(F)F)c1)NN. The van der Waals surface area contributed by atoms with Crippen LogP contribution >= 0.6 is 0 Å². The Morgan fingerprint density at radius 2 is 1.94 bits per heavy atom. The van der Waals surface area contributed by atoms with Gasteiger partial charge >= 0.3 is 6.18 Å². The van der Waals surface area contributed by atoms with Gasteiger partial charge in [-0.05, 0) is 24.0 Å². The molecule has 0 aliphatic rings. The Bertz CT molecular complexity index is 361. The van der Waals surface area contributed by atoms with Gasteiger partial charge in [-0.25, -0.2) is 0 Å². The smallest absolute Gasteiger partial charge is 0.271 e. The van der Waals surface area contributed by atoms with Gasteiger partial charge in [-0.1, -0.05) is 32.0 Å². The monoisotopic (exact) mass is 246 g/mol. The third-order valence-electron chi connectivity index (χ3n) is 2.73. The van der Waals surface area contributed by atoms with Crippen LogP contribution in [0, 0.1) is 5.92 Å². The third-order valence-corrected chi connectivity index (χ3v) is 2.73. The van der Waals surface area contributed by atoms with Crippen molar-refractivity contribution in [1.29, 1.82) is 0 Å². The summed E-state index contributed by atoms with van der Waals surface area (Å²) >= 11 is 0. The van der Waals surface area contributed by atoms with Crippen LogP contribution in [-0.2, 0) is 12.6 Å². The zero-order chi connectivity index (χ0) is 13.1. The molecule has 1 atom stereocenters.